The van der Waals surface area contributed by atoms with Crippen LogP contribution in [0.1, 0.15) is 28.4 Å². The predicted molar refractivity (Wildman–Crippen MR) is 68.4 cm³/mol. The summed E-state index contributed by atoms with van der Waals surface area (Å²) < 4.78 is 5.24. The second-order valence-corrected chi connectivity index (χ2v) is 5.56. The molecule has 2 aromatic rings. The first-order valence-corrected chi connectivity index (χ1v) is 6.53. The summed E-state index contributed by atoms with van der Waals surface area (Å²) in [5.41, 5.74) is 0. The first-order valence-electron chi connectivity index (χ1n) is 5.71. The fourth-order valence-corrected chi connectivity index (χ4v) is 2.43. The van der Waals surface area contributed by atoms with E-state index in [4.69, 9.17) is 4.52 Å². The van der Waals surface area contributed by atoms with Gasteiger partial charge in [-0.3, -0.25) is 0 Å². The van der Waals surface area contributed by atoms with Gasteiger partial charge >= 0.3 is 0 Å². The van der Waals surface area contributed by atoms with Crippen molar-refractivity contribution < 1.29 is 4.52 Å². The summed E-state index contributed by atoms with van der Waals surface area (Å²) in [6, 6.07) is 4.59. The molecule has 0 aliphatic rings. The Bertz CT molecular complexity index is 478. The van der Waals surface area contributed by atoms with E-state index in [2.05, 4.69) is 41.4 Å². The van der Waals surface area contributed by atoms with Crippen molar-refractivity contribution in [3.8, 4) is 0 Å². The van der Waals surface area contributed by atoms with Gasteiger partial charge in [0.05, 0.1) is 6.42 Å². The van der Waals surface area contributed by atoms with Crippen LogP contribution in [0.5, 0.6) is 0 Å². The van der Waals surface area contributed by atoms with E-state index >= 15 is 0 Å². The molecule has 0 aliphatic heterocycles. The fraction of sp³-hybridized carbons (Fsp3) is 0.500. The Morgan fingerprint density at radius 2 is 2.29 bits per heavy atom. The second-order valence-electron chi connectivity index (χ2n) is 4.19. The van der Waals surface area contributed by atoms with Crippen molar-refractivity contribution in [2.45, 2.75) is 32.7 Å². The van der Waals surface area contributed by atoms with Gasteiger partial charge in [-0.15, -0.1) is 11.3 Å². The molecule has 0 radical (unpaired) electrons. The highest BCUT2D eigenvalue weighted by atomic mass is 32.1. The Morgan fingerprint density at radius 1 is 1.47 bits per heavy atom. The standard InChI is InChI=1S/C12H17N3OS/c1-8(13-3)6-11-14-12(16-15-11)7-10-5-4-9(2)17-10/h4-5,8,13H,6-7H2,1-3H3. The summed E-state index contributed by atoms with van der Waals surface area (Å²) in [5, 5.41) is 7.14. The number of rotatable bonds is 5. The Hall–Kier alpha value is -1.20. The van der Waals surface area contributed by atoms with Gasteiger partial charge in [0.15, 0.2) is 5.82 Å². The maximum Gasteiger partial charge on any atom is 0.231 e. The minimum atomic E-state index is 0.365. The van der Waals surface area contributed by atoms with Gasteiger partial charge < -0.3 is 9.84 Å². The molecule has 1 atom stereocenters. The molecule has 1 unspecified atom stereocenters. The summed E-state index contributed by atoms with van der Waals surface area (Å²) in [5.74, 6) is 1.47. The van der Waals surface area contributed by atoms with Gasteiger partial charge in [-0.2, -0.15) is 4.98 Å². The Kier molecular flexibility index (Phi) is 3.91. The molecule has 0 saturated heterocycles. The SMILES string of the molecule is CNC(C)Cc1noc(Cc2ccc(C)s2)n1. The van der Waals surface area contributed by atoms with Crippen LogP contribution in [-0.2, 0) is 12.8 Å². The van der Waals surface area contributed by atoms with E-state index in [9.17, 15) is 0 Å². The molecule has 0 fully saturated rings. The van der Waals surface area contributed by atoms with E-state index < -0.39 is 0 Å². The molecule has 0 bridgehead atoms. The number of likely N-dealkylation sites (N-methyl/N-ethyl adjacent to an activating group) is 1. The molecule has 2 heterocycles. The zero-order chi connectivity index (χ0) is 12.3. The average Bonchev–Trinajstić information content (AvgIpc) is 2.89. The second kappa shape index (κ2) is 5.42. The monoisotopic (exact) mass is 251 g/mol. The lowest BCUT2D eigenvalue weighted by molar-refractivity contribution is 0.377. The normalized spacial score (nSPS) is 12.9. The minimum Gasteiger partial charge on any atom is -0.339 e. The molecule has 0 spiro atoms. The molecule has 0 amide bonds. The van der Waals surface area contributed by atoms with Crippen molar-refractivity contribution in [3.63, 3.8) is 0 Å². The highest BCUT2D eigenvalue weighted by Crippen LogP contribution is 2.18. The molecule has 2 rings (SSSR count). The van der Waals surface area contributed by atoms with Crippen LogP contribution in [0.25, 0.3) is 0 Å². The van der Waals surface area contributed by atoms with Crippen LogP contribution in [0.4, 0.5) is 0 Å². The van der Waals surface area contributed by atoms with Gasteiger partial charge in [0.1, 0.15) is 0 Å². The highest BCUT2D eigenvalue weighted by Gasteiger charge is 2.10. The van der Waals surface area contributed by atoms with Crippen LogP contribution in [-0.4, -0.2) is 23.2 Å². The third-order valence-corrected chi connectivity index (χ3v) is 3.61. The smallest absolute Gasteiger partial charge is 0.231 e. The van der Waals surface area contributed by atoms with E-state index in [0.29, 0.717) is 11.9 Å². The molecular formula is C12H17N3OS. The molecule has 0 aliphatic carbocycles. The van der Waals surface area contributed by atoms with Crippen LogP contribution < -0.4 is 5.32 Å². The van der Waals surface area contributed by atoms with Crippen molar-refractivity contribution in [2.24, 2.45) is 0 Å². The number of hydrogen-bond donors (Lipinski definition) is 1. The summed E-state index contributed by atoms with van der Waals surface area (Å²) in [6.07, 6.45) is 1.53. The quantitative estimate of drug-likeness (QED) is 0.885. The van der Waals surface area contributed by atoms with E-state index in [1.807, 2.05) is 7.05 Å². The molecule has 17 heavy (non-hydrogen) atoms. The van der Waals surface area contributed by atoms with Crippen LogP contribution in [0, 0.1) is 6.92 Å². The Labute approximate surface area is 105 Å². The lowest BCUT2D eigenvalue weighted by atomic mass is 10.2. The molecule has 4 nitrogen and oxygen atoms in total. The largest absolute Gasteiger partial charge is 0.339 e. The minimum absolute atomic E-state index is 0.365. The lowest BCUT2D eigenvalue weighted by Crippen LogP contribution is -2.24. The van der Waals surface area contributed by atoms with E-state index in [-0.39, 0.29) is 0 Å². The van der Waals surface area contributed by atoms with Crippen LogP contribution in [0.2, 0.25) is 0 Å². The van der Waals surface area contributed by atoms with Crippen molar-refractivity contribution in [2.75, 3.05) is 7.05 Å². The van der Waals surface area contributed by atoms with E-state index in [1.54, 1.807) is 11.3 Å². The third kappa shape index (κ3) is 3.38. The number of aromatic nitrogens is 2. The van der Waals surface area contributed by atoms with Gasteiger partial charge in [0.25, 0.3) is 0 Å². The molecule has 0 saturated carbocycles. The van der Waals surface area contributed by atoms with Gasteiger partial charge in [-0.05, 0) is 33.0 Å². The summed E-state index contributed by atoms with van der Waals surface area (Å²) in [6.45, 7) is 4.20. The zero-order valence-corrected chi connectivity index (χ0v) is 11.2. The Morgan fingerprint density at radius 3 is 2.94 bits per heavy atom. The van der Waals surface area contributed by atoms with Crippen molar-refractivity contribution in [1.82, 2.24) is 15.5 Å². The topological polar surface area (TPSA) is 51.0 Å². The number of hydrogen-bond acceptors (Lipinski definition) is 5. The number of nitrogens with zero attached hydrogens (tertiary/aromatic N) is 2. The molecule has 2 aromatic heterocycles. The number of thiophene rings is 1. The predicted octanol–water partition coefficient (Wildman–Crippen LogP) is 2.18. The van der Waals surface area contributed by atoms with Crippen LogP contribution in [0.15, 0.2) is 16.7 Å². The van der Waals surface area contributed by atoms with Crippen molar-refractivity contribution in [3.05, 3.63) is 33.6 Å². The van der Waals surface area contributed by atoms with E-state index in [1.165, 1.54) is 9.75 Å². The fourth-order valence-electron chi connectivity index (χ4n) is 1.55. The number of aryl methyl sites for hydroxylation is 1. The van der Waals surface area contributed by atoms with Gasteiger partial charge in [0.2, 0.25) is 5.89 Å². The molecular weight excluding hydrogens is 234 g/mol. The molecule has 0 aromatic carbocycles. The van der Waals surface area contributed by atoms with Crippen molar-refractivity contribution in [1.29, 1.82) is 0 Å². The summed E-state index contributed by atoms with van der Waals surface area (Å²) >= 11 is 1.77. The lowest BCUT2D eigenvalue weighted by Gasteiger charge is -2.04. The molecule has 5 heteroatoms. The van der Waals surface area contributed by atoms with Crippen LogP contribution in [0.3, 0.4) is 0 Å². The first kappa shape index (κ1) is 12.3. The van der Waals surface area contributed by atoms with Gasteiger partial charge in [0, 0.05) is 22.2 Å². The van der Waals surface area contributed by atoms with Crippen molar-refractivity contribution >= 4 is 11.3 Å². The third-order valence-electron chi connectivity index (χ3n) is 2.61. The van der Waals surface area contributed by atoms with Gasteiger partial charge in [-0.25, -0.2) is 0 Å². The Balaban J connectivity index is 1.98. The first-order chi connectivity index (χ1) is 8.17. The molecule has 1 N–H and O–H groups in total. The number of nitrogens with one attached hydrogen (secondary N) is 1. The van der Waals surface area contributed by atoms with E-state index in [0.717, 1.165) is 18.7 Å². The van der Waals surface area contributed by atoms with Crippen LogP contribution >= 0.6 is 11.3 Å². The summed E-state index contributed by atoms with van der Waals surface area (Å²) in [4.78, 5) is 6.96. The highest BCUT2D eigenvalue weighted by molar-refractivity contribution is 7.11. The average molecular weight is 251 g/mol. The molecule has 92 valence electrons. The zero-order valence-electron chi connectivity index (χ0n) is 10.4. The van der Waals surface area contributed by atoms with Gasteiger partial charge in [-0.1, -0.05) is 5.16 Å². The maximum absolute atomic E-state index is 5.24. The maximum atomic E-state index is 5.24. The summed E-state index contributed by atoms with van der Waals surface area (Å²) in [7, 11) is 1.93.